The van der Waals surface area contributed by atoms with Gasteiger partial charge in [0.1, 0.15) is 6.04 Å². The summed E-state index contributed by atoms with van der Waals surface area (Å²) in [5.74, 6) is -1.26. The molecule has 0 aromatic rings. The van der Waals surface area contributed by atoms with Gasteiger partial charge in [0.15, 0.2) is 5.78 Å². The molecule has 0 rings (SSSR count). The van der Waals surface area contributed by atoms with Crippen LogP contribution >= 0.6 is 0 Å². The number of carbonyl (C=O) groups excluding carboxylic acids is 4. The predicted octanol–water partition coefficient (Wildman–Crippen LogP) is -1.19. The summed E-state index contributed by atoms with van der Waals surface area (Å²) in [6, 6.07) is -0.597. The van der Waals surface area contributed by atoms with Gasteiger partial charge in [-0.2, -0.15) is 0 Å². The Morgan fingerprint density at radius 1 is 0.923 bits per heavy atom. The second-order valence-electron chi connectivity index (χ2n) is 6.33. The second kappa shape index (κ2) is 14.2. The third-order valence-corrected chi connectivity index (χ3v) is 3.57. The number of rotatable bonds is 14. The molecule has 9 heteroatoms. The summed E-state index contributed by atoms with van der Waals surface area (Å²) in [4.78, 5) is 47.2. The largest absolute Gasteiger partial charge is 0.347 e. The summed E-state index contributed by atoms with van der Waals surface area (Å²) in [6.45, 7) is 5.87. The van der Waals surface area contributed by atoms with Crippen molar-refractivity contribution < 1.29 is 19.2 Å². The molecule has 1 atom stereocenters. The molecule has 0 aliphatic heterocycles. The molecule has 0 radical (unpaired) electrons. The van der Waals surface area contributed by atoms with Crippen LogP contribution in [0, 0.1) is 0 Å². The van der Waals surface area contributed by atoms with Crippen molar-refractivity contribution in [3.8, 4) is 0 Å². The standard InChI is InChI=1S/C17H33N5O4/c1-4-13(23)9-21-17(26)14(7-5-6-8-18)22-16(25)11-20-15(24)10-19-12(2)3/h12,14,19H,4-11,18H2,1-3H3,(H,20,24)(H,21,26)(H,22,25). The molecule has 0 spiro atoms. The van der Waals surface area contributed by atoms with E-state index in [1.807, 2.05) is 13.8 Å². The fraction of sp³-hybridized carbons (Fsp3) is 0.765. The van der Waals surface area contributed by atoms with E-state index in [-0.39, 0.29) is 37.4 Å². The Kier molecular flexibility index (Phi) is 13.1. The van der Waals surface area contributed by atoms with E-state index in [0.717, 1.165) is 6.42 Å². The summed E-state index contributed by atoms with van der Waals surface area (Å²) in [7, 11) is 0. The van der Waals surface area contributed by atoms with Crippen LogP contribution in [-0.2, 0) is 19.2 Å². The molecule has 0 aliphatic carbocycles. The van der Waals surface area contributed by atoms with Gasteiger partial charge in [-0.05, 0) is 25.8 Å². The number of Topliss-reactive ketones (excluding diaryl/α,β-unsaturated/α-hetero) is 1. The summed E-state index contributed by atoms with van der Waals surface area (Å²) < 4.78 is 0. The number of hydrogen-bond donors (Lipinski definition) is 5. The lowest BCUT2D eigenvalue weighted by Gasteiger charge is -2.18. The van der Waals surface area contributed by atoms with Gasteiger partial charge in [-0.1, -0.05) is 20.8 Å². The molecule has 0 saturated heterocycles. The van der Waals surface area contributed by atoms with E-state index < -0.39 is 17.9 Å². The van der Waals surface area contributed by atoms with Crippen molar-refractivity contribution >= 4 is 23.5 Å². The molecule has 0 aromatic heterocycles. The van der Waals surface area contributed by atoms with Crippen LogP contribution in [0.2, 0.25) is 0 Å². The van der Waals surface area contributed by atoms with Crippen molar-refractivity contribution in [2.75, 3.05) is 26.2 Å². The number of nitrogens with two attached hydrogens (primary N) is 1. The average Bonchev–Trinajstić information content (AvgIpc) is 2.61. The molecule has 0 saturated carbocycles. The number of nitrogens with one attached hydrogen (secondary N) is 4. The third-order valence-electron chi connectivity index (χ3n) is 3.57. The fourth-order valence-corrected chi connectivity index (χ4v) is 1.98. The van der Waals surface area contributed by atoms with Crippen LogP contribution in [0.4, 0.5) is 0 Å². The van der Waals surface area contributed by atoms with Crippen LogP contribution in [0.25, 0.3) is 0 Å². The van der Waals surface area contributed by atoms with Crippen LogP contribution in [0.3, 0.4) is 0 Å². The predicted molar refractivity (Wildman–Crippen MR) is 99.3 cm³/mol. The van der Waals surface area contributed by atoms with E-state index in [2.05, 4.69) is 21.3 Å². The van der Waals surface area contributed by atoms with Crippen LogP contribution < -0.4 is 27.0 Å². The molecule has 26 heavy (non-hydrogen) atoms. The van der Waals surface area contributed by atoms with E-state index >= 15 is 0 Å². The van der Waals surface area contributed by atoms with Gasteiger partial charge in [0.2, 0.25) is 17.7 Å². The number of amides is 3. The highest BCUT2D eigenvalue weighted by Gasteiger charge is 2.20. The smallest absolute Gasteiger partial charge is 0.242 e. The molecule has 9 nitrogen and oxygen atoms in total. The minimum absolute atomic E-state index is 0.0593. The number of unbranched alkanes of at least 4 members (excludes halogenated alkanes) is 1. The van der Waals surface area contributed by atoms with Gasteiger partial charge in [-0.25, -0.2) is 0 Å². The van der Waals surface area contributed by atoms with Crippen molar-refractivity contribution in [2.24, 2.45) is 5.73 Å². The average molecular weight is 371 g/mol. The molecule has 0 aromatic carbocycles. The zero-order valence-electron chi connectivity index (χ0n) is 16.0. The summed E-state index contributed by atoms with van der Waals surface area (Å²) in [5, 5.41) is 10.6. The molecule has 1 unspecified atom stereocenters. The lowest BCUT2D eigenvalue weighted by atomic mass is 10.1. The van der Waals surface area contributed by atoms with E-state index in [0.29, 0.717) is 25.8 Å². The molecule has 6 N–H and O–H groups in total. The van der Waals surface area contributed by atoms with Gasteiger partial charge in [0.05, 0.1) is 19.6 Å². The Bertz CT molecular complexity index is 468. The van der Waals surface area contributed by atoms with Crippen molar-refractivity contribution in [3.63, 3.8) is 0 Å². The molecule has 150 valence electrons. The Labute approximate surface area is 155 Å². The molecular formula is C17H33N5O4. The molecular weight excluding hydrogens is 338 g/mol. The first-order valence-electron chi connectivity index (χ1n) is 9.09. The third kappa shape index (κ3) is 12.4. The van der Waals surface area contributed by atoms with Gasteiger partial charge in [0.25, 0.3) is 0 Å². The molecule has 0 aliphatic rings. The van der Waals surface area contributed by atoms with Crippen molar-refractivity contribution in [2.45, 2.75) is 58.5 Å². The number of hydrogen-bond acceptors (Lipinski definition) is 6. The fourth-order valence-electron chi connectivity index (χ4n) is 1.98. The van der Waals surface area contributed by atoms with Crippen LogP contribution in [0.15, 0.2) is 0 Å². The zero-order chi connectivity index (χ0) is 19.9. The lowest BCUT2D eigenvalue weighted by molar-refractivity contribution is -0.130. The Hall–Kier alpha value is -2.00. The first-order chi connectivity index (χ1) is 12.3. The van der Waals surface area contributed by atoms with Crippen molar-refractivity contribution in [1.82, 2.24) is 21.3 Å². The maximum absolute atomic E-state index is 12.2. The van der Waals surface area contributed by atoms with E-state index in [4.69, 9.17) is 5.73 Å². The van der Waals surface area contributed by atoms with Crippen LogP contribution in [-0.4, -0.2) is 61.8 Å². The Balaban J connectivity index is 4.45. The maximum Gasteiger partial charge on any atom is 0.242 e. The highest BCUT2D eigenvalue weighted by molar-refractivity contribution is 5.92. The first kappa shape index (κ1) is 24.0. The van der Waals surface area contributed by atoms with Crippen molar-refractivity contribution in [3.05, 3.63) is 0 Å². The number of carbonyl (C=O) groups is 4. The quantitative estimate of drug-likeness (QED) is 0.243. The minimum atomic E-state index is -0.760. The first-order valence-corrected chi connectivity index (χ1v) is 9.09. The molecule has 0 bridgehead atoms. The van der Waals surface area contributed by atoms with Crippen molar-refractivity contribution in [1.29, 1.82) is 0 Å². The maximum atomic E-state index is 12.2. The van der Waals surface area contributed by atoms with Gasteiger partial charge in [-0.15, -0.1) is 0 Å². The monoisotopic (exact) mass is 371 g/mol. The summed E-state index contributed by atoms with van der Waals surface area (Å²) in [5.41, 5.74) is 5.45. The molecule has 3 amide bonds. The van der Waals surface area contributed by atoms with Crippen LogP contribution in [0.1, 0.15) is 46.5 Å². The van der Waals surface area contributed by atoms with Gasteiger partial charge in [0, 0.05) is 12.5 Å². The topological polar surface area (TPSA) is 142 Å². The van der Waals surface area contributed by atoms with E-state index in [1.54, 1.807) is 6.92 Å². The Morgan fingerprint density at radius 3 is 2.19 bits per heavy atom. The van der Waals surface area contributed by atoms with E-state index in [9.17, 15) is 19.2 Å². The van der Waals surface area contributed by atoms with Gasteiger partial charge in [-0.3, -0.25) is 19.2 Å². The lowest BCUT2D eigenvalue weighted by Crippen LogP contribution is -2.50. The highest BCUT2D eigenvalue weighted by Crippen LogP contribution is 2.01. The van der Waals surface area contributed by atoms with Crippen LogP contribution in [0.5, 0.6) is 0 Å². The Morgan fingerprint density at radius 2 is 1.62 bits per heavy atom. The zero-order valence-corrected chi connectivity index (χ0v) is 16.0. The summed E-state index contributed by atoms with van der Waals surface area (Å²) in [6.07, 6.45) is 2.14. The molecule has 0 heterocycles. The molecule has 0 fully saturated rings. The van der Waals surface area contributed by atoms with Gasteiger partial charge < -0.3 is 27.0 Å². The minimum Gasteiger partial charge on any atom is -0.347 e. The normalized spacial score (nSPS) is 11.7. The highest BCUT2D eigenvalue weighted by atomic mass is 16.2. The SMILES string of the molecule is CCC(=O)CNC(=O)C(CCCCN)NC(=O)CNC(=O)CNC(C)C. The summed E-state index contributed by atoms with van der Waals surface area (Å²) >= 11 is 0. The second-order valence-corrected chi connectivity index (χ2v) is 6.33. The van der Waals surface area contributed by atoms with E-state index in [1.165, 1.54) is 0 Å². The van der Waals surface area contributed by atoms with Gasteiger partial charge >= 0.3 is 0 Å². The number of ketones is 1.